The highest BCUT2D eigenvalue weighted by Gasteiger charge is 2.61. The summed E-state index contributed by atoms with van der Waals surface area (Å²) in [7, 11) is 1.76. The second kappa shape index (κ2) is 10.8. The molecular formula is C30H35N3O8. The fraction of sp³-hybridized carbons (Fsp3) is 0.533. The lowest BCUT2D eigenvalue weighted by Gasteiger charge is -2.26. The van der Waals surface area contributed by atoms with Gasteiger partial charge in [0.05, 0.1) is 18.4 Å². The third kappa shape index (κ3) is 5.02. The van der Waals surface area contributed by atoms with Crippen molar-refractivity contribution in [1.82, 2.24) is 15.2 Å². The summed E-state index contributed by atoms with van der Waals surface area (Å²) < 4.78 is 23.4. The van der Waals surface area contributed by atoms with Crippen LogP contribution in [0, 0.1) is 17.8 Å². The number of ether oxygens (including phenoxy) is 4. The molecule has 0 bridgehead atoms. The number of fused-ring (bicyclic) bond motifs is 5. The molecule has 0 spiro atoms. The molecule has 1 aromatic heterocycles. The predicted octanol–water partition coefficient (Wildman–Crippen LogP) is 3.29. The van der Waals surface area contributed by atoms with Crippen molar-refractivity contribution in [2.45, 2.75) is 57.1 Å². The van der Waals surface area contributed by atoms with Gasteiger partial charge < -0.3 is 34.3 Å². The molecular weight excluding hydrogens is 530 g/mol. The third-order valence-corrected chi connectivity index (χ3v) is 8.62. The van der Waals surface area contributed by atoms with E-state index in [1.54, 1.807) is 24.1 Å². The molecule has 0 radical (unpaired) electrons. The minimum absolute atomic E-state index is 0.0936. The van der Waals surface area contributed by atoms with E-state index in [4.69, 9.17) is 18.9 Å². The van der Waals surface area contributed by atoms with Gasteiger partial charge in [0.15, 0.2) is 11.5 Å². The van der Waals surface area contributed by atoms with Gasteiger partial charge in [-0.3, -0.25) is 9.59 Å². The summed E-state index contributed by atoms with van der Waals surface area (Å²) in [5.74, 6) is -1.25. The summed E-state index contributed by atoms with van der Waals surface area (Å²) in [4.78, 5) is 45.8. The molecule has 2 saturated carbocycles. The van der Waals surface area contributed by atoms with E-state index in [1.165, 1.54) is 0 Å². The van der Waals surface area contributed by atoms with Crippen LogP contribution >= 0.6 is 0 Å². The molecule has 11 nitrogen and oxygen atoms in total. The highest BCUT2D eigenvalue weighted by atomic mass is 16.7. The standard InChI is InChI=1S/C30H35N3O8/c1-3-38-24-14-23(19-9-10-22-26(25(19)31-24)40-16-39-22)41-18-12-20-21(13-18)28(35)33(2)11-7-5-4-6-8-17-15-30(17,29(36)37)32-27(20)34/h6,8-10,14,17-18,20-21H,3-5,7,11-13,15-16H2,1-2H3,(H,32,34)(H,36,37)/b8-6-. The van der Waals surface area contributed by atoms with E-state index in [0.29, 0.717) is 60.0 Å². The average molecular weight is 566 g/mol. The lowest BCUT2D eigenvalue weighted by Crippen LogP contribution is -2.49. The number of benzene rings is 1. The van der Waals surface area contributed by atoms with E-state index in [9.17, 15) is 19.5 Å². The van der Waals surface area contributed by atoms with Gasteiger partial charge in [0.2, 0.25) is 24.5 Å². The van der Waals surface area contributed by atoms with E-state index < -0.39 is 35.4 Å². The third-order valence-electron chi connectivity index (χ3n) is 8.62. The van der Waals surface area contributed by atoms with Gasteiger partial charge in [-0.2, -0.15) is 0 Å². The van der Waals surface area contributed by atoms with Crippen molar-refractivity contribution in [1.29, 1.82) is 0 Å². The van der Waals surface area contributed by atoms with Crippen LogP contribution in [0.4, 0.5) is 0 Å². The molecule has 5 unspecified atom stereocenters. The molecule has 2 aromatic rings. The zero-order valence-electron chi connectivity index (χ0n) is 23.3. The number of hydrogen-bond acceptors (Lipinski definition) is 8. The van der Waals surface area contributed by atoms with Gasteiger partial charge in [-0.25, -0.2) is 9.78 Å². The van der Waals surface area contributed by atoms with Crippen molar-refractivity contribution in [3.63, 3.8) is 0 Å². The Morgan fingerprint density at radius 3 is 2.85 bits per heavy atom. The summed E-state index contributed by atoms with van der Waals surface area (Å²) in [6, 6.07) is 5.35. The van der Waals surface area contributed by atoms with Crippen LogP contribution in [0.1, 0.15) is 45.4 Å². The van der Waals surface area contributed by atoms with Crippen LogP contribution in [0.2, 0.25) is 0 Å². The molecule has 41 heavy (non-hydrogen) atoms. The molecule has 11 heteroatoms. The lowest BCUT2D eigenvalue weighted by molar-refractivity contribution is -0.145. The summed E-state index contributed by atoms with van der Waals surface area (Å²) in [5, 5.41) is 13.5. The van der Waals surface area contributed by atoms with Crippen molar-refractivity contribution in [3.8, 4) is 23.1 Å². The number of aromatic nitrogens is 1. The molecule has 1 aromatic carbocycles. The Bertz CT molecular complexity index is 1410. The van der Waals surface area contributed by atoms with Crippen molar-refractivity contribution in [3.05, 3.63) is 30.4 Å². The number of carboxylic acid groups (broad SMARTS) is 1. The molecule has 6 rings (SSSR count). The second-order valence-corrected chi connectivity index (χ2v) is 11.3. The SMILES string of the molecule is CCOc1cc(OC2CC3C(=O)NC4(C(=O)O)CC4/C=C\CCCCN(C)C(=O)C3C2)c2ccc3c(c2n1)OCO3. The minimum atomic E-state index is -1.33. The molecule has 5 atom stereocenters. The first-order chi connectivity index (χ1) is 19.8. The number of pyridine rings is 1. The van der Waals surface area contributed by atoms with E-state index in [2.05, 4.69) is 10.3 Å². The monoisotopic (exact) mass is 565 g/mol. The van der Waals surface area contributed by atoms with Crippen LogP contribution in [0.25, 0.3) is 10.9 Å². The first-order valence-electron chi connectivity index (χ1n) is 14.3. The van der Waals surface area contributed by atoms with Crippen LogP contribution < -0.4 is 24.3 Å². The normalized spacial score (nSPS) is 30.1. The maximum Gasteiger partial charge on any atom is 0.330 e. The second-order valence-electron chi connectivity index (χ2n) is 11.3. The smallest absolute Gasteiger partial charge is 0.330 e. The van der Waals surface area contributed by atoms with Crippen molar-refractivity contribution in [2.24, 2.45) is 17.8 Å². The number of rotatable bonds is 5. The lowest BCUT2D eigenvalue weighted by atomic mass is 9.93. The van der Waals surface area contributed by atoms with Gasteiger partial charge in [-0.05, 0) is 57.6 Å². The van der Waals surface area contributed by atoms with Crippen molar-refractivity contribution >= 4 is 28.7 Å². The quantitative estimate of drug-likeness (QED) is 0.523. The Kier molecular flexibility index (Phi) is 7.13. The van der Waals surface area contributed by atoms with E-state index in [0.717, 1.165) is 19.3 Å². The Balaban J connectivity index is 1.31. The summed E-state index contributed by atoms with van der Waals surface area (Å²) >= 11 is 0. The number of nitrogens with one attached hydrogen (secondary N) is 1. The molecule has 2 fully saturated rings. The van der Waals surface area contributed by atoms with Crippen molar-refractivity contribution in [2.75, 3.05) is 27.0 Å². The highest BCUT2D eigenvalue weighted by molar-refractivity contribution is 5.95. The Hall–Kier alpha value is -4.02. The minimum Gasteiger partial charge on any atom is -0.489 e. The van der Waals surface area contributed by atoms with E-state index in [-0.39, 0.29) is 25.0 Å². The number of carbonyl (C=O) groups excluding carboxylic acids is 2. The first kappa shape index (κ1) is 27.2. The number of aliphatic carboxylic acids is 1. The number of allylic oxidation sites excluding steroid dienone is 1. The summed E-state index contributed by atoms with van der Waals surface area (Å²) in [6.45, 7) is 2.95. The van der Waals surface area contributed by atoms with Crippen LogP contribution in [0.5, 0.6) is 23.1 Å². The number of hydrogen-bond donors (Lipinski definition) is 2. The van der Waals surface area contributed by atoms with Gasteiger partial charge in [0.25, 0.3) is 0 Å². The summed E-state index contributed by atoms with van der Waals surface area (Å²) in [6.07, 6.45) is 6.87. The molecule has 2 amide bonds. The van der Waals surface area contributed by atoms with Gasteiger partial charge in [-0.15, -0.1) is 0 Å². The number of amides is 2. The zero-order valence-corrected chi connectivity index (χ0v) is 23.3. The molecule has 3 heterocycles. The fourth-order valence-corrected chi connectivity index (χ4v) is 6.29. The van der Waals surface area contributed by atoms with Gasteiger partial charge in [-0.1, -0.05) is 12.2 Å². The Morgan fingerprint density at radius 2 is 2.05 bits per heavy atom. The summed E-state index contributed by atoms with van der Waals surface area (Å²) in [5.41, 5.74) is -0.783. The molecule has 2 aliphatic heterocycles. The predicted molar refractivity (Wildman–Crippen MR) is 147 cm³/mol. The molecule has 218 valence electrons. The maximum atomic E-state index is 13.7. The number of carboxylic acids is 1. The fourth-order valence-electron chi connectivity index (χ4n) is 6.29. The van der Waals surface area contributed by atoms with Crippen molar-refractivity contribution < 1.29 is 38.4 Å². The molecule has 2 N–H and O–H groups in total. The van der Waals surface area contributed by atoms with Crippen LogP contribution in [-0.4, -0.2) is 71.4 Å². The van der Waals surface area contributed by atoms with Crippen LogP contribution in [0.3, 0.4) is 0 Å². The van der Waals surface area contributed by atoms with Gasteiger partial charge >= 0.3 is 5.97 Å². The molecule has 0 saturated heterocycles. The highest BCUT2D eigenvalue weighted by Crippen LogP contribution is 2.47. The van der Waals surface area contributed by atoms with Gasteiger partial charge in [0, 0.05) is 31.0 Å². The van der Waals surface area contributed by atoms with E-state index >= 15 is 0 Å². The number of nitrogens with zero attached hydrogens (tertiary/aromatic N) is 2. The molecule has 2 aliphatic carbocycles. The zero-order chi connectivity index (χ0) is 28.7. The topological polar surface area (TPSA) is 137 Å². The molecule has 4 aliphatic rings. The van der Waals surface area contributed by atoms with E-state index in [1.807, 2.05) is 25.1 Å². The van der Waals surface area contributed by atoms with Gasteiger partial charge in [0.1, 0.15) is 22.9 Å². The Morgan fingerprint density at radius 1 is 1.22 bits per heavy atom. The largest absolute Gasteiger partial charge is 0.489 e. The average Bonchev–Trinajstić information content (AvgIpc) is 3.26. The maximum absolute atomic E-state index is 13.7. The number of carbonyl (C=O) groups is 3. The van der Waals surface area contributed by atoms with Crippen LogP contribution in [-0.2, 0) is 14.4 Å². The first-order valence-corrected chi connectivity index (χ1v) is 14.3. The Labute approximate surface area is 237 Å². The van der Waals surface area contributed by atoms with Crippen LogP contribution in [0.15, 0.2) is 30.4 Å².